The van der Waals surface area contributed by atoms with Gasteiger partial charge in [-0.1, -0.05) is 243 Å². The highest BCUT2D eigenvalue weighted by atomic mass is 15.0. The molecule has 21 aromatic carbocycles. The first-order chi connectivity index (χ1) is 65.9. The van der Waals surface area contributed by atoms with E-state index in [9.17, 15) is 0 Å². The molecule has 0 aliphatic heterocycles. The Morgan fingerprint density at radius 2 is 0.203 bits per heavy atom. The van der Waals surface area contributed by atoms with E-state index in [1.54, 1.807) is 0 Å². The van der Waals surface area contributed by atoms with Crippen molar-refractivity contribution in [2.75, 3.05) is 0 Å². The van der Waals surface area contributed by atoms with Crippen LogP contribution in [-0.4, -0.2) is 32.0 Å². The largest absolute Gasteiger partial charge is 0.309 e. The molecule has 0 amide bonds. The van der Waals surface area contributed by atoms with Gasteiger partial charge in [-0.3, -0.25) is 0 Å². The van der Waals surface area contributed by atoms with Crippen LogP contribution in [0.15, 0.2) is 479 Å². The lowest BCUT2D eigenvalue weighted by Gasteiger charge is -2.11. The molecule has 0 radical (unpaired) electrons. The number of benzene rings is 21. The van der Waals surface area contributed by atoms with Gasteiger partial charge < -0.3 is 32.0 Å². The minimum Gasteiger partial charge on any atom is -0.309 e. The second kappa shape index (κ2) is 29.4. The van der Waals surface area contributed by atoms with Crippen LogP contribution >= 0.6 is 0 Å². The van der Waals surface area contributed by atoms with Crippen molar-refractivity contribution in [1.82, 2.24) is 32.0 Å². The van der Waals surface area contributed by atoms with Gasteiger partial charge in [0.1, 0.15) is 0 Å². The van der Waals surface area contributed by atoms with Gasteiger partial charge in [0.25, 0.3) is 0 Å². The Hall–Kier alpha value is -17.8. The molecular formula is C126H79N7. The van der Waals surface area contributed by atoms with Crippen molar-refractivity contribution in [3.63, 3.8) is 0 Å². The minimum absolute atomic E-state index is 1.08. The number of aromatic nitrogens is 7. The normalized spacial score (nSPS) is 12.1. The summed E-state index contributed by atoms with van der Waals surface area (Å²) in [6.07, 6.45) is 0. The van der Waals surface area contributed by atoms with E-state index in [2.05, 4.69) is 511 Å². The van der Waals surface area contributed by atoms with Gasteiger partial charge in [0.2, 0.25) is 0 Å². The van der Waals surface area contributed by atoms with Gasteiger partial charge in [-0.2, -0.15) is 0 Å². The summed E-state index contributed by atoms with van der Waals surface area (Å²) in [7, 11) is 0. The zero-order valence-electron chi connectivity index (χ0n) is 72.2. The molecule has 0 fully saturated rings. The number of fused-ring (bicyclic) bond motifs is 21. The molecule has 7 heterocycles. The van der Waals surface area contributed by atoms with Crippen molar-refractivity contribution in [2.24, 2.45) is 0 Å². The van der Waals surface area contributed by atoms with Crippen molar-refractivity contribution in [2.45, 2.75) is 0 Å². The van der Waals surface area contributed by atoms with E-state index >= 15 is 0 Å². The molecule has 0 bridgehead atoms. The number of rotatable bonds is 13. The van der Waals surface area contributed by atoms with E-state index in [1.165, 1.54) is 142 Å². The van der Waals surface area contributed by atoms with E-state index in [4.69, 9.17) is 0 Å². The van der Waals surface area contributed by atoms with Gasteiger partial charge in [0.05, 0.1) is 77.2 Å². The number of hydrogen-bond acceptors (Lipinski definition) is 0. The lowest BCUT2D eigenvalue weighted by molar-refractivity contribution is 1.18. The van der Waals surface area contributed by atoms with Gasteiger partial charge in [-0.15, -0.1) is 0 Å². The first-order valence-electron chi connectivity index (χ1n) is 45.8. The second-order valence-electron chi connectivity index (χ2n) is 35.5. The third-order valence-corrected chi connectivity index (χ3v) is 28.3. The lowest BCUT2D eigenvalue weighted by Crippen LogP contribution is -1.94. The fourth-order valence-electron chi connectivity index (χ4n) is 22.2. The molecule has 133 heavy (non-hydrogen) atoms. The predicted octanol–water partition coefficient (Wildman–Crippen LogP) is 33.4. The average Bonchev–Trinajstić information content (AvgIpc) is 1.71. The number of hydrogen-bond donors (Lipinski definition) is 0. The zero-order valence-corrected chi connectivity index (χ0v) is 72.2. The van der Waals surface area contributed by atoms with Gasteiger partial charge >= 0.3 is 0 Å². The fraction of sp³-hybridized carbons (Fsp3) is 0. The summed E-state index contributed by atoms with van der Waals surface area (Å²) in [5.41, 5.74) is 38.2. The predicted molar refractivity (Wildman–Crippen MR) is 559 cm³/mol. The van der Waals surface area contributed by atoms with Gasteiger partial charge in [-0.05, 0) is 303 Å². The smallest absolute Gasteiger partial charge is 0.0541 e. The molecule has 28 aromatic rings. The van der Waals surface area contributed by atoms with Crippen LogP contribution in [0.3, 0.4) is 0 Å². The Balaban J connectivity index is 0.598. The van der Waals surface area contributed by atoms with Crippen molar-refractivity contribution in [3.05, 3.63) is 479 Å². The molecule has 0 saturated heterocycles. The van der Waals surface area contributed by atoms with Crippen molar-refractivity contribution < 1.29 is 0 Å². The first kappa shape index (κ1) is 74.3. The standard InChI is InChI=1S/C126H79N7/c1-7-25-92(26-8-1)127-113-40-22-19-37-99(113)102-70-82(46-59-116(102)127)85-49-62-120-106(73-85)105-69-81(45-58-119(105)130(120)95-31-13-4-14-32-95)80-43-56-98(57-44-80)133-125-67-54-90(88-52-65-123-109(76-88)107-74-86(50-63-121(107)131(123)96-33-15-5-16-34-96)83-47-60-117-103(71-83)100-38-20-23-41-114(100)128(117)93-27-9-2-10-28-93)78-111(125)112-79-91(55-68-126(112)133)89-53-66-124-110(77-89)108-75-87(51-64-122(108)132(124)97-35-17-6-18-36-97)84-48-61-118-104(72-84)101-39-21-24-42-115(101)129(118)94-29-11-3-12-30-94/h1-79H. The fourth-order valence-corrected chi connectivity index (χ4v) is 22.2. The molecule has 618 valence electrons. The molecule has 0 N–H and O–H groups in total. The van der Waals surface area contributed by atoms with Crippen LogP contribution in [0.2, 0.25) is 0 Å². The molecule has 0 atom stereocenters. The second-order valence-corrected chi connectivity index (χ2v) is 35.5. The Labute approximate surface area is 765 Å². The maximum Gasteiger partial charge on any atom is 0.0541 e. The van der Waals surface area contributed by atoms with Crippen LogP contribution in [0.4, 0.5) is 0 Å². The topological polar surface area (TPSA) is 34.5 Å². The molecule has 0 aliphatic rings. The van der Waals surface area contributed by atoms with E-state index in [-0.39, 0.29) is 0 Å². The molecule has 28 rings (SSSR count). The van der Waals surface area contributed by atoms with Crippen molar-refractivity contribution in [1.29, 1.82) is 0 Å². The van der Waals surface area contributed by atoms with E-state index in [0.717, 1.165) is 117 Å². The maximum atomic E-state index is 2.49. The summed E-state index contributed by atoms with van der Waals surface area (Å²) in [6, 6.07) is 178. The molecule has 7 heteroatoms. The molecule has 0 saturated carbocycles. The molecular weight excluding hydrogens is 1610 g/mol. The number of nitrogens with zero attached hydrogens (tertiary/aromatic N) is 7. The third-order valence-electron chi connectivity index (χ3n) is 28.3. The van der Waals surface area contributed by atoms with E-state index in [1.807, 2.05) is 0 Å². The first-order valence-corrected chi connectivity index (χ1v) is 45.8. The Kier molecular flexibility index (Phi) is 16.4. The monoisotopic (exact) mass is 1690 g/mol. The van der Waals surface area contributed by atoms with Gasteiger partial charge in [-0.25, -0.2) is 0 Å². The molecule has 7 nitrogen and oxygen atoms in total. The Morgan fingerprint density at radius 1 is 0.0827 bits per heavy atom. The summed E-state index contributed by atoms with van der Waals surface area (Å²) in [6.45, 7) is 0. The summed E-state index contributed by atoms with van der Waals surface area (Å²) in [5, 5.41) is 16.9. The highest BCUT2D eigenvalue weighted by Gasteiger charge is 2.25. The molecule has 0 unspecified atom stereocenters. The van der Waals surface area contributed by atoms with E-state index in [0.29, 0.717) is 0 Å². The highest BCUT2D eigenvalue weighted by molar-refractivity contribution is 6.19. The molecule has 7 aromatic heterocycles. The Morgan fingerprint density at radius 3 is 0.376 bits per heavy atom. The average molecular weight is 1690 g/mol. The highest BCUT2D eigenvalue weighted by Crippen LogP contribution is 2.48. The Bertz CT molecular complexity index is 9290. The summed E-state index contributed by atoms with van der Waals surface area (Å²) in [5.74, 6) is 0. The van der Waals surface area contributed by atoms with Crippen LogP contribution in [0.25, 0.3) is 259 Å². The van der Waals surface area contributed by atoms with Crippen LogP contribution in [0, 0.1) is 0 Å². The third kappa shape index (κ3) is 11.6. The summed E-state index contributed by atoms with van der Waals surface area (Å²) >= 11 is 0. The minimum atomic E-state index is 1.08. The SMILES string of the molecule is c1ccc(-n2c3ccccc3c3cc(-c4ccc5c(c4)c4cc(-c6ccc(-n7c8ccc(-c9ccc%10c(c9)c9cc(-c%11ccc%12c(c%11)c%11ccccc%11n%12-c%11ccccc%11)ccc9n%10-c9ccccc9)cc8c8cc(-c9ccc%10c(c9)c9cc(-c%11ccc%12c(c%11)c%11ccccc%11n%12-c%11ccccc%11)ccc9n%10-c9ccccc9)ccc87)cc6)ccc4n5-c4ccccc4)ccc32)cc1. The van der Waals surface area contributed by atoms with Crippen LogP contribution in [-0.2, 0) is 0 Å². The van der Waals surface area contributed by atoms with E-state index < -0.39 is 0 Å². The quantitative estimate of drug-likeness (QED) is 0.110. The summed E-state index contributed by atoms with van der Waals surface area (Å²) < 4.78 is 17.0. The van der Waals surface area contributed by atoms with Crippen molar-refractivity contribution in [3.8, 4) is 107 Å². The van der Waals surface area contributed by atoms with Gasteiger partial charge in [0.15, 0.2) is 0 Å². The summed E-state index contributed by atoms with van der Waals surface area (Å²) in [4.78, 5) is 0. The lowest BCUT2D eigenvalue weighted by atomic mass is 9.97. The number of para-hydroxylation sites is 9. The maximum absolute atomic E-state index is 2.49. The van der Waals surface area contributed by atoms with Crippen LogP contribution in [0.5, 0.6) is 0 Å². The van der Waals surface area contributed by atoms with Gasteiger partial charge in [0, 0.05) is 115 Å². The van der Waals surface area contributed by atoms with Crippen molar-refractivity contribution >= 4 is 153 Å². The zero-order chi connectivity index (χ0) is 87.0. The van der Waals surface area contributed by atoms with Crippen LogP contribution < -0.4 is 0 Å². The van der Waals surface area contributed by atoms with Crippen LogP contribution in [0.1, 0.15) is 0 Å². The molecule has 0 aliphatic carbocycles. The molecule has 0 spiro atoms.